The van der Waals surface area contributed by atoms with Gasteiger partial charge < -0.3 is 9.84 Å². The molecule has 1 N–H and O–H groups in total. The van der Waals surface area contributed by atoms with Crippen molar-refractivity contribution in [1.82, 2.24) is 14.8 Å². The second-order valence-corrected chi connectivity index (χ2v) is 7.79. The summed E-state index contributed by atoms with van der Waals surface area (Å²) < 4.78 is 5.53. The number of aromatic nitrogens is 1. The van der Waals surface area contributed by atoms with E-state index in [9.17, 15) is 9.90 Å². The van der Waals surface area contributed by atoms with E-state index in [0.717, 1.165) is 44.6 Å². The summed E-state index contributed by atoms with van der Waals surface area (Å²) in [7, 11) is 0. The average Bonchev–Trinajstić information content (AvgIpc) is 2.89. The maximum atomic E-state index is 12.8. The second-order valence-electron chi connectivity index (χ2n) is 7.40. The summed E-state index contributed by atoms with van der Waals surface area (Å²) in [6.07, 6.45) is 7.87. The van der Waals surface area contributed by atoms with Crippen molar-refractivity contribution < 1.29 is 14.6 Å². The van der Waals surface area contributed by atoms with Gasteiger partial charge in [0.25, 0.3) is 5.91 Å². The lowest BCUT2D eigenvalue weighted by molar-refractivity contribution is 0.0814. The average molecular weight is 426 g/mol. The number of para-hydroxylation sites is 1. The smallest absolute Gasteiger partial charge is 0.262 e. The van der Waals surface area contributed by atoms with Gasteiger partial charge >= 0.3 is 0 Å². The van der Waals surface area contributed by atoms with Crippen LogP contribution in [0.4, 0.5) is 0 Å². The molecule has 2 aliphatic heterocycles. The molecule has 0 spiro atoms. The Hall–Kier alpha value is -2.83. The molecule has 0 saturated heterocycles. The highest BCUT2D eigenvalue weighted by atomic mass is 35.5. The second kappa shape index (κ2) is 9.32. The Morgan fingerprint density at radius 2 is 1.97 bits per heavy atom. The molecule has 0 radical (unpaired) electrons. The van der Waals surface area contributed by atoms with Crippen LogP contribution in [0.15, 0.2) is 60.1 Å². The summed E-state index contributed by atoms with van der Waals surface area (Å²) in [4.78, 5) is 21.1. The zero-order chi connectivity index (χ0) is 20.9. The van der Waals surface area contributed by atoms with Crippen LogP contribution in [0.1, 0.15) is 35.3 Å². The predicted molar refractivity (Wildman–Crippen MR) is 116 cm³/mol. The molecule has 0 saturated carbocycles. The van der Waals surface area contributed by atoms with Crippen LogP contribution in [0.25, 0.3) is 5.57 Å². The molecule has 30 heavy (non-hydrogen) atoms. The number of amides is 1. The van der Waals surface area contributed by atoms with Crippen LogP contribution in [-0.4, -0.2) is 52.0 Å². The first-order chi connectivity index (χ1) is 14.6. The molecule has 0 fully saturated rings. The molecule has 0 unspecified atom stereocenters. The molecule has 1 aromatic heterocycles. The van der Waals surface area contributed by atoms with Crippen molar-refractivity contribution in [2.45, 2.75) is 19.3 Å². The number of benzene rings is 1. The maximum Gasteiger partial charge on any atom is 0.262 e. The number of hydrogen-bond acceptors (Lipinski definition) is 5. The van der Waals surface area contributed by atoms with Gasteiger partial charge in [0.05, 0.1) is 17.5 Å². The van der Waals surface area contributed by atoms with E-state index in [1.54, 1.807) is 23.1 Å². The molecule has 1 amide bonds. The number of rotatable bonds is 6. The first-order valence-corrected chi connectivity index (χ1v) is 10.5. The van der Waals surface area contributed by atoms with Crippen LogP contribution in [0.3, 0.4) is 0 Å². The highest BCUT2D eigenvalue weighted by Crippen LogP contribution is 2.27. The lowest BCUT2D eigenvalue weighted by Crippen LogP contribution is -2.31. The first kappa shape index (κ1) is 20.4. The molecule has 7 heteroatoms. The van der Waals surface area contributed by atoms with Gasteiger partial charge in [-0.1, -0.05) is 29.8 Å². The van der Waals surface area contributed by atoms with Crippen molar-refractivity contribution in [3.05, 3.63) is 71.3 Å². The van der Waals surface area contributed by atoms with Gasteiger partial charge in [0.1, 0.15) is 22.9 Å². The van der Waals surface area contributed by atoms with Gasteiger partial charge in [-0.15, -0.1) is 0 Å². The van der Waals surface area contributed by atoms with Gasteiger partial charge in [-0.25, -0.2) is 0 Å². The predicted octanol–water partition coefficient (Wildman–Crippen LogP) is 4.23. The van der Waals surface area contributed by atoms with Crippen LogP contribution in [0.2, 0.25) is 0 Å². The summed E-state index contributed by atoms with van der Waals surface area (Å²) >= 11 is 6.29. The monoisotopic (exact) mass is 425 g/mol. The Morgan fingerprint density at radius 3 is 2.73 bits per heavy atom. The van der Waals surface area contributed by atoms with E-state index in [1.165, 1.54) is 18.0 Å². The molecule has 2 aromatic rings. The SMILES string of the molecule is O=C1c2ccccc2OC=C(Cl)N1CCCCN1CC=C(c2ccc(O)cn2)CC1. The van der Waals surface area contributed by atoms with Crippen LogP contribution in [0, 0.1) is 0 Å². The number of hydrogen-bond donors (Lipinski definition) is 1. The van der Waals surface area contributed by atoms with E-state index < -0.39 is 0 Å². The fraction of sp³-hybridized carbons (Fsp3) is 0.304. The molecule has 6 nitrogen and oxygen atoms in total. The zero-order valence-corrected chi connectivity index (χ0v) is 17.4. The molecule has 0 atom stereocenters. The Labute approximate surface area is 181 Å². The molecule has 4 rings (SSSR count). The Balaban J connectivity index is 1.26. The Kier molecular flexibility index (Phi) is 6.35. The first-order valence-electron chi connectivity index (χ1n) is 10.1. The number of carbonyl (C=O) groups is 1. The van der Waals surface area contributed by atoms with Crippen LogP contribution in [0.5, 0.6) is 11.5 Å². The number of carbonyl (C=O) groups excluding carboxylic acids is 1. The normalized spacial score (nSPS) is 17.0. The number of pyridine rings is 1. The minimum Gasteiger partial charge on any atom is -0.506 e. The van der Waals surface area contributed by atoms with Crippen LogP contribution in [-0.2, 0) is 0 Å². The van der Waals surface area contributed by atoms with Gasteiger partial charge in [0.2, 0.25) is 0 Å². The largest absolute Gasteiger partial charge is 0.506 e. The van der Waals surface area contributed by atoms with Crippen molar-refractivity contribution in [2.75, 3.05) is 26.2 Å². The number of nitrogens with zero attached hydrogens (tertiary/aromatic N) is 3. The molecule has 1 aromatic carbocycles. The summed E-state index contributed by atoms with van der Waals surface area (Å²) in [6, 6.07) is 10.7. The third kappa shape index (κ3) is 4.66. The summed E-state index contributed by atoms with van der Waals surface area (Å²) in [5.41, 5.74) is 2.67. The number of ether oxygens (including phenoxy) is 1. The summed E-state index contributed by atoms with van der Waals surface area (Å²) in [5.74, 6) is 0.586. The quantitative estimate of drug-likeness (QED) is 0.554. The Morgan fingerprint density at radius 1 is 1.13 bits per heavy atom. The number of unbranched alkanes of at least 4 members (excludes halogenated alkanes) is 1. The minimum absolute atomic E-state index is 0.128. The fourth-order valence-corrected chi connectivity index (χ4v) is 3.91. The van der Waals surface area contributed by atoms with Crippen molar-refractivity contribution in [1.29, 1.82) is 0 Å². The van der Waals surface area contributed by atoms with E-state index in [-0.39, 0.29) is 11.7 Å². The zero-order valence-electron chi connectivity index (χ0n) is 16.6. The van der Waals surface area contributed by atoms with Gasteiger partial charge in [0.15, 0.2) is 0 Å². The van der Waals surface area contributed by atoms with Crippen LogP contribution >= 0.6 is 11.6 Å². The number of aromatic hydroxyl groups is 1. The van der Waals surface area contributed by atoms with Crippen LogP contribution < -0.4 is 4.74 Å². The van der Waals surface area contributed by atoms with E-state index in [0.29, 0.717) is 23.0 Å². The molecule has 156 valence electrons. The van der Waals surface area contributed by atoms with E-state index in [4.69, 9.17) is 16.3 Å². The maximum absolute atomic E-state index is 12.8. The summed E-state index contributed by atoms with van der Waals surface area (Å²) in [5, 5.41) is 9.68. The highest BCUT2D eigenvalue weighted by Gasteiger charge is 2.25. The molecule has 0 bridgehead atoms. The van der Waals surface area contributed by atoms with Gasteiger partial charge in [0, 0.05) is 19.6 Å². The molecule has 2 aliphatic rings. The van der Waals surface area contributed by atoms with Gasteiger partial charge in [-0.05, 0) is 55.6 Å². The highest BCUT2D eigenvalue weighted by molar-refractivity contribution is 6.30. The van der Waals surface area contributed by atoms with E-state index in [2.05, 4.69) is 16.0 Å². The van der Waals surface area contributed by atoms with E-state index >= 15 is 0 Å². The summed E-state index contributed by atoms with van der Waals surface area (Å²) in [6.45, 7) is 3.36. The van der Waals surface area contributed by atoms with Crippen molar-refractivity contribution in [3.63, 3.8) is 0 Å². The standard InChI is InChI=1S/C23H24ClN3O3/c24-22-16-30-21-6-2-1-5-19(21)23(29)27(22)12-4-3-11-26-13-9-17(10-14-26)20-8-7-18(28)15-25-20/h1-2,5-9,15-16,28H,3-4,10-14H2. The molecule has 0 aliphatic carbocycles. The number of halogens is 1. The lowest BCUT2D eigenvalue weighted by Gasteiger charge is -2.26. The van der Waals surface area contributed by atoms with Gasteiger partial charge in [-0.3, -0.25) is 19.6 Å². The van der Waals surface area contributed by atoms with Crippen molar-refractivity contribution in [2.24, 2.45) is 0 Å². The van der Waals surface area contributed by atoms with Crippen molar-refractivity contribution in [3.8, 4) is 11.5 Å². The molecular formula is C23H24ClN3O3. The Bertz CT molecular complexity index is 972. The molecular weight excluding hydrogens is 402 g/mol. The number of fused-ring (bicyclic) bond motifs is 1. The third-order valence-corrected chi connectivity index (χ3v) is 5.67. The van der Waals surface area contributed by atoms with Crippen molar-refractivity contribution >= 4 is 23.1 Å². The fourth-order valence-electron chi connectivity index (χ4n) is 3.70. The minimum atomic E-state index is -0.128. The van der Waals surface area contributed by atoms with Gasteiger partial charge in [-0.2, -0.15) is 0 Å². The van der Waals surface area contributed by atoms with E-state index in [1.807, 2.05) is 18.2 Å². The molecule has 3 heterocycles. The topological polar surface area (TPSA) is 65.9 Å². The lowest BCUT2D eigenvalue weighted by atomic mass is 10.0. The third-order valence-electron chi connectivity index (χ3n) is 5.38.